The molecule has 0 aliphatic rings. The first-order valence-corrected chi connectivity index (χ1v) is 9.30. The predicted octanol–water partition coefficient (Wildman–Crippen LogP) is 6.14. The van der Waals surface area contributed by atoms with Crippen molar-refractivity contribution in [2.24, 2.45) is 0 Å². The SMILES string of the molecule is CCCCCC([CH]C(CC)Nc1ccccc1)Nc1ccccc1. The molecule has 0 fully saturated rings. The fourth-order valence-corrected chi connectivity index (χ4v) is 2.89. The maximum Gasteiger partial charge on any atom is 0.0342 e. The minimum Gasteiger partial charge on any atom is -0.382 e. The number of benzene rings is 2. The van der Waals surface area contributed by atoms with Gasteiger partial charge in [0.1, 0.15) is 0 Å². The highest BCUT2D eigenvalue weighted by Gasteiger charge is 2.15. The molecule has 2 unspecified atom stereocenters. The van der Waals surface area contributed by atoms with Crippen LogP contribution in [-0.2, 0) is 0 Å². The van der Waals surface area contributed by atoms with Gasteiger partial charge in [0.25, 0.3) is 0 Å². The number of hydrogen-bond acceptors (Lipinski definition) is 2. The second kappa shape index (κ2) is 10.7. The van der Waals surface area contributed by atoms with Crippen LogP contribution in [0.25, 0.3) is 0 Å². The molecule has 2 rings (SSSR count). The van der Waals surface area contributed by atoms with E-state index < -0.39 is 0 Å². The second-order valence-corrected chi connectivity index (χ2v) is 6.33. The van der Waals surface area contributed by atoms with Crippen molar-refractivity contribution in [2.75, 3.05) is 10.6 Å². The number of hydrogen-bond donors (Lipinski definition) is 2. The zero-order chi connectivity index (χ0) is 17.0. The molecule has 0 aliphatic heterocycles. The Labute approximate surface area is 147 Å². The van der Waals surface area contributed by atoms with Gasteiger partial charge in [-0.25, -0.2) is 0 Å². The van der Waals surface area contributed by atoms with E-state index in [1.54, 1.807) is 0 Å². The summed E-state index contributed by atoms with van der Waals surface area (Å²) in [4.78, 5) is 0. The van der Waals surface area contributed by atoms with Gasteiger partial charge in [-0.15, -0.1) is 0 Å². The lowest BCUT2D eigenvalue weighted by molar-refractivity contribution is 0.593. The lowest BCUT2D eigenvalue weighted by atomic mass is 9.98. The molecule has 0 aliphatic carbocycles. The summed E-state index contributed by atoms with van der Waals surface area (Å²) in [5, 5.41) is 7.33. The Balaban J connectivity index is 1.96. The molecule has 2 heteroatoms. The van der Waals surface area contributed by atoms with Crippen LogP contribution < -0.4 is 10.6 Å². The van der Waals surface area contributed by atoms with Gasteiger partial charge >= 0.3 is 0 Å². The summed E-state index contributed by atoms with van der Waals surface area (Å²) in [6.45, 7) is 4.50. The van der Waals surface area contributed by atoms with Crippen molar-refractivity contribution in [3.8, 4) is 0 Å². The second-order valence-electron chi connectivity index (χ2n) is 6.33. The number of nitrogens with one attached hydrogen (secondary N) is 2. The van der Waals surface area contributed by atoms with Crippen LogP contribution in [0.15, 0.2) is 60.7 Å². The molecule has 0 bridgehead atoms. The lowest BCUT2D eigenvalue weighted by Crippen LogP contribution is -2.30. The molecule has 0 spiro atoms. The molecule has 24 heavy (non-hydrogen) atoms. The van der Waals surface area contributed by atoms with E-state index in [0.29, 0.717) is 12.1 Å². The Morgan fingerprint density at radius 3 is 1.79 bits per heavy atom. The topological polar surface area (TPSA) is 24.1 Å². The summed E-state index contributed by atoms with van der Waals surface area (Å²) >= 11 is 0. The summed E-state index contributed by atoms with van der Waals surface area (Å²) in [6, 6.07) is 21.8. The lowest BCUT2D eigenvalue weighted by Gasteiger charge is -2.26. The average Bonchev–Trinajstić information content (AvgIpc) is 2.63. The van der Waals surface area contributed by atoms with Gasteiger partial charge in [0, 0.05) is 29.9 Å². The molecule has 2 N–H and O–H groups in total. The third-order valence-electron chi connectivity index (χ3n) is 4.27. The number of anilines is 2. The molecule has 0 aromatic heterocycles. The zero-order valence-corrected chi connectivity index (χ0v) is 15.0. The molecule has 2 aromatic carbocycles. The number of para-hydroxylation sites is 2. The van der Waals surface area contributed by atoms with E-state index in [2.05, 4.69) is 91.6 Å². The summed E-state index contributed by atoms with van der Waals surface area (Å²) in [5.74, 6) is 0. The van der Waals surface area contributed by atoms with Crippen LogP contribution in [0.1, 0.15) is 46.0 Å². The number of unbranched alkanes of at least 4 members (excludes halogenated alkanes) is 2. The van der Waals surface area contributed by atoms with Gasteiger partial charge in [-0.3, -0.25) is 0 Å². The molecule has 0 saturated heterocycles. The van der Waals surface area contributed by atoms with E-state index >= 15 is 0 Å². The highest BCUT2D eigenvalue weighted by atomic mass is 15.0. The monoisotopic (exact) mass is 323 g/mol. The molecular formula is C22H31N2. The Bertz CT molecular complexity index is 538. The Morgan fingerprint density at radius 2 is 1.29 bits per heavy atom. The number of rotatable bonds is 11. The molecule has 0 saturated carbocycles. The molecule has 2 atom stereocenters. The van der Waals surface area contributed by atoms with Crippen LogP contribution in [0.5, 0.6) is 0 Å². The zero-order valence-electron chi connectivity index (χ0n) is 15.0. The standard InChI is InChI=1S/C22H31N2/c1-3-5-8-17-22(24-21-15-11-7-12-16-21)18-19(4-2)23-20-13-9-6-10-14-20/h6-7,9-16,18-19,22-24H,3-5,8,17H2,1-2H3. The Morgan fingerprint density at radius 1 is 0.750 bits per heavy atom. The molecule has 1 radical (unpaired) electrons. The summed E-state index contributed by atoms with van der Waals surface area (Å²) in [7, 11) is 0. The van der Waals surface area contributed by atoms with Gasteiger partial charge in [0.2, 0.25) is 0 Å². The molecule has 0 heterocycles. The Hall–Kier alpha value is -1.96. The van der Waals surface area contributed by atoms with Crippen molar-refractivity contribution in [3.63, 3.8) is 0 Å². The molecular weight excluding hydrogens is 292 g/mol. The summed E-state index contributed by atoms with van der Waals surface area (Å²) in [6.07, 6.45) is 8.52. The fourth-order valence-electron chi connectivity index (χ4n) is 2.89. The first-order valence-electron chi connectivity index (χ1n) is 9.30. The van der Waals surface area contributed by atoms with Crippen LogP contribution in [0, 0.1) is 6.42 Å². The van der Waals surface area contributed by atoms with E-state index in [-0.39, 0.29) is 0 Å². The van der Waals surface area contributed by atoms with Crippen molar-refractivity contribution >= 4 is 11.4 Å². The van der Waals surface area contributed by atoms with Crippen molar-refractivity contribution < 1.29 is 0 Å². The van der Waals surface area contributed by atoms with Gasteiger partial charge in [0.15, 0.2) is 0 Å². The third-order valence-corrected chi connectivity index (χ3v) is 4.27. The average molecular weight is 324 g/mol. The quantitative estimate of drug-likeness (QED) is 0.485. The molecule has 129 valence electrons. The van der Waals surface area contributed by atoms with E-state index in [0.717, 1.165) is 6.42 Å². The van der Waals surface area contributed by atoms with Crippen LogP contribution in [-0.4, -0.2) is 12.1 Å². The first kappa shape index (κ1) is 18.4. The third kappa shape index (κ3) is 6.66. The largest absolute Gasteiger partial charge is 0.382 e. The minimum absolute atomic E-state index is 0.371. The van der Waals surface area contributed by atoms with E-state index in [1.165, 1.54) is 37.1 Å². The highest BCUT2D eigenvalue weighted by molar-refractivity contribution is 5.46. The van der Waals surface area contributed by atoms with Gasteiger partial charge in [0.05, 0.1) is 0 Å². The van der Waals surface area contributed by atoms with Gasteiger partial charge in [-0.2, -0.15) is 0 Å². The first-order chi connectivity index (χ1) is 11.8. The minimum atomic E-state index is 0.371. The van der Waals surface area contributed by atoms with Crippen molar-refractivity contribution in [2.45, 2.75) is 58.0 Å². The van der Waals surface area contributed by atoms with Gasteiger partial charge < -0.3 is 10.6 Å². The maximum absolute atomic E-state index is 3.69. The van der Waals surface area contributed by atoms with E-state index in [1.807, 2.05) is 0 Å². The molecule has 2 nitrogen and oxygen atoms in total. The molecule has 0 amide bonds. The normalized spacial score (nSPS) is 13.2. The highest BCUT2D eigenvalue weighted by Crippen LogP contribution is 2.18. The summed E-state index contributed by atoms with van der Waals surface area (Å²) in [5.41, 5.74) is 2.39. The van der Waals surface area contributed by atoms with Crippen LogP contribution >= 0.6 is 0 Å². The van der Waals surface area contributed by atoms with Crippen LogP contribution in [0.2, 0.25) is 0 Å². The van der Waals surface area contributed by atoms with Crippen molar-refractivity contribution in [1.29, 1.82) is 0 Å². The smallest absolute Gasteiger partial charge is 0.0342 e. The predicted molar refractivity (Wildman–Crippen MR) is 106 cm³/mol. The fraction of sp³-hybridized carbons (Fsp3) is 0.409. The van der Waals surface area contributed by atoms with Gasteiger partial charge in [-0.1, -0.05) is 69.5 Å². The van der Waals surface area contributed by atoms with Gasteiger partial charge in [-0.05, 0) is 37.1 Å². The Kier molecular flexibility index (Phi) is 8.23. The van der Waals surface area contributed by atoms with Crippen LogP contribution in [0.4, 0.5) is 11.4 Å². The maximum atomic E-state index is 3.69. The molecule has 2 aromatic rings. The van der Waals surface area contributed by atoms with E-state index in [4.69, 9.17) is 0 Å². The van der Waals surface area contributed by atoms with E-state index in [9.17, 15) is 0 Å². The van der Waals surface area contributed by atoms with Crippen LogP contribution in [0.3, 0.4) is 0 Å². The van der Waals surface area contributed by atoms with Crippen molar-refractivity contribution in [3.05, 3.63) is 67.1 Å². The van der Waals surface area contributed by atoms with Crippen molar-refractivity contribution in [1.82, 2.24) is 0 Å². The summed E-state index contributed by atoms with van der Waals surface area (Å²) < 4.78 is 0.